The molecular weight excluding hydrogens is 292 g/mol. The first kappa shape index (κ1) is 14.0. The molecular formula is C14H18N2O2S2. The average Bonchev–Trinajstić information content (AvgIpc) is 3.01. The fourth-order valence-electron chi connectivity index (χ4n) is 2.87. The smallest absolute Gasteiger partial charge is 0.263 e. The summed E-state index contributed by atoms with van der Waals surface area (Å²) in [5, 5.41) is 0.807. The van der Waals surface area contributed by atoms with Gasteiger partial charge < -0.3 is 9.72 Å². The Morgan fingerprint density at radius 2 is 2.35 bits per heavy atom. The van der Waals surface area contributed by atoms with E-state index in [0.717, 1.165) is 41.6 Å². The molecule has 4 nitrogen and oxygen atoms in total. The van der Waals surface area contributed by atoms with Crippen molar-refractivity contribution in [3.05, 3.63) is 25.6 Å². The number of nitrogens with one attached hydrogen (secondary N) is 1. The lowest BCUT2D eigenvalue weighted by Crippen LogP contribution is -2.28. The van der Waals surface area contributed by atoms with Crippen molar-refractivity contribution in [2.45, 2.75) is 45.8 Å². The first-order chi connectivity index (χ1) is 9.61. The molecule has 6 heteroatoms. The van der Waals surface area contributed by atoms with Gasteiger partial charge in [-0.3, -0.25) is 9.36 Å². The molecule has 1 fully saturated rings. The molecule has 3 heterocycles. The van der Waals surface area contributed by atoms with Crippen LogP contribution in [0.5, 0.6) is 0 Å². The number of rotatable bonds is 3. The lowest BCUT2D eigenvalue weighted by molar-refractivity contribution is 0.0957. The highest BCUT2D eigenvalue weighted by molar-refractivity contribution is 7.71. The van der Waals surface area contributed by atoms with Crippen molar-refractivity contribution in [1.29, 1.82) is 0 Å². The van der Waals surface area contributed by atoms with E-state index in [2.05, 4.69) is 18.8 Å². The van der Waals surface area contributed by atoms with Crippen LogP contribution in [0.25, 0.3) is 10.2 Å². The van der Waals surface area contributed by atoms with Crippen LogP contribution in [0.15, 0.2) is 4.79 Å². The second-order valence-electron chi connectivity index (χ2n) is 5.18. The maximum absolute atomic E-state index is 12.8. The second kappa shape index (κ2) is 5.42. The maximum atomic E-state index is 12.8. The average molecular weight is 310 g/mol. The molecule has 1 saturated heterocycles. The predicted molar refractivity (Wildman–Crippen MR) is 84.4 cm³/mol. The third kappa shape index (κ3) is 2.25. The van der Waals surface area contributed by atoms with E-state index >= 15 is 0 Å². The van der Waals surface area contributed by atoms with E-state index in [1.54, 1.807) is 15.9 Å². The number of hydrogen-bond donors (Lipinski definition) is 1. The minimum Gasteiger partial charge on any atom is -0.376 e. The monoisotopic (exact) mass is 310 g/mol. The third-order valence-corrected chi connectivity index (χ3v) is 5.28. The van der Waals surface area contributed by atoms with E-state index in [-0.39, 0.29) is 11.7 Å². The number of hydrogen-bond acceptors (Lipinski definition) is 4. The van der Waals surface area contributed by atoms with Gasteiger partial charge in [0.05, 0.1) is 18.0 Å². The van der Waals surface area contributed by atoms with E-state index in [0.29, 0.717) is 11.3 Å². The zero-order valence-corrected chi connectivity index (χ0v) is 13.3. The minimum atomic E-state index is 0.0282. The minimum absolute atomic E-state index is 0.0282. The van der Waals surface area contributed by atoms with Crippen molar-refractivity contribution in [3.8, 4) is 0 Å². The number of aryl methyl sites for hydroxylation is 2. The number of ether oxygens (including phenoxy) is 1. The summed E-state index contributed by atoms with van der Waals surface area (Å²) in [6.45, 7) is 5.49. The molecule has 1 aliphatic rings. The molecule has 0 radical (unpaired) electrons. The first-order valence-electron chi connectivity index (χ1n) is 6.98. The molecule has 0 amide bonds. The van der Waals surface area contributed by atoms with E-state index in [4.69, 9.17) is 17.0 Å². The van der Waals surface area contributed by atoms with Gasteiger partial charge in [-0.25, -0.2) is 0 Å². The van der Waals surface area contributed by atoms with Gasteiger partial charge in [-0.15, -0.1) is 11.3 Å². The molecule has 0 bridgehead atoms. The van der Waals surface area contributed by atoms with E-state index in [1.807, 2.05) is 0 Å². The zero-order chi connectivity index (χ0) is 14.3. The Morgan fingerprint density at radius 3 is 3.00 bits per heavy atom. The van der Waals surface area contributed by atoms with Gasteiger partial charge >= 0.3 is 0 Å². The quantitative estimate of drug-likeness (QED) is 0.886. The maximum Gasteiger partial charge on any atom is 0.263 e. The molecule has 1 atom stereocenters. The number of fused-ring (bicyclic) bond motifs is 1. The van der Waals surface area contributed by atoms with Crippen molar-refractivity contribution in [2.75, 3.05) is 6.61 Å². The van der Waals surface area contributed by atoms with Gasteiger partial charge in [0.25, 0.3) is 5.56 Å². The van der Waals surface area contributed by atoms with Crippen molar-refractivity contribution in [3.63, 3.8) is 0 Å². The van der Waals surface area contributed by atoms with Gasteiger partial charge in [0, 0.05) is 11.5 Å². The highest BCUT2D eigenvalue weighted by atomic mass is 32.1. The highest BCUT2D eigenvalue weighted by Gasteiger charge is 2.20. The Balaban J connectivity index is 2.16. The van der Waals surface area contributed by atoms with Crippen LogP contribution >= 0.6 is 23.6 Å². The molecule has 20 heavy (non-hydrogen) atoms. The lowest BCUT2D eigenvalue weighted by atomic mass is 10.1. The molecule has 1 aliphatic heterocycles. The summed E-state index contributed by atoms with van der Waals surface area (Å²) in [7, 11) is 0. The van der Waals surface area contributed by atoms with Crippen LogP contribution in [-0.4, -0.2) is 22.3 Å². The fraction of sp³-hybridized carbons (Fsp3) is 0.571. The predicted octanol–water partition coefficient (Wildman–Crippen LogP) is 3.17. The van der Waals surface area contributed by atoms with E-state index < -0.39 is 0 Å². The third-order valence-electron chi connectivity index (χ3n) is 3.90. The Morgan fingerprint density at radius 1 is 1.55 bits per heavy atom. The van der Waals surface area contributed by atoms with Gasteiger partial charge in [0.15, 0.2) is 4.77 Å². The summed E-state index contributed by atoms with van der Waals surface area (Å²) in [6, 6.07) is 0. The summed E-state index contributed by atoms with van der Waals surface area (Å²) < 4.78 is 7.79. The first-order valence-corrected chi connectivity index (χ1v) is 8.21. The van der Waals surface area contributed by atoms with Crippen LogP contribution in [0.4, 0.5) is 0 Å². The van der Waals surface area contributed by atoms with Crippen LogP contribution in [0.2, 0.25) is 0 Å². The van der Waals surface area contributed by atoms with Gasteiger partial charge in [0.1, 0.15) is 4.83 Å². The van der Waals surface area contributed by atoms with Crippen molar-refractivity contribution in [1.82, 2.24) is 9.55 Å². The molecule has 3 rings (SSSR count). The van der Waals surface area contributed by atoms with Crippen LogP contribution in [0, 0.1) is 11.7 Å². The molecule has 0 aromatic carbocycles. The Bertz CT molecular complexity index is 751. The largest absolute Gasteiger partial charge is 0.376 e. The van der Waals surface area contributed by atoms with Crippen LogP contribution < -0.4 is 5.56 Å². The summed E-state index contributed by atoms with van der Waals surface area (Å²) >= 11 is 6.97. The van der Waals surface area contributed by atoms with Crippen LogP contribution in [-0.2, 0) is 17.7 Å². The normalized spacial score (nSPS) is 19.0. The van der Waals surface area contributed by atoms with E-state index in [9.17, 15) is 4.79 Å². The SMILES string of the molecule is CCc1c(C)sc2[nH]c(=S)n(CC3CCCO3)c(=O)c12. The summed E-state index contributed by atoms with van der Waals surface area (Å²) in [5.74, 6) is 0. The molecule has 1 unspecified atom stereocenters. The Labute approximate surface area is 126 Å². The van der Waals surface area contributed by atoms with Gasteiger partial charge in [-0.2, -0.15) is 0 Å². The fourth-order valence-corrected chi connectivity index (χ4v) is 4.33. The topological polar surface area (TPSA) is 47.0 Å². The molecule has 2 aromatic heterocycles. The number of aromatic amines is 1. The van der Waals surface area contributed by atoms with Gasteiger partial charge in [-0.1, -0.05) is 6.92 Å². The van der Waals surface area contributed by atoms with Crippen molar-refractivity contribution >= 4 is 33.8 Å². The molecule has 0 spiro atoms. The van der Waals surface area contributed by atoms with Crippen LogP contribution in [0.1, 0.15) is 30.2 Å². The summed E-state index contributed by atoms with van der Waals surface area (Å²) in [5.41, 5.74) is 1.17. The van der Waals surface area contributed by atoms with Crippen molar-refractivity contribution < 1.29 is 4.74 Å². The summed E-state index contributed by atoms with van der Waals surface area (Å²) in [4.78, 5) is 18.1. The number of nitrogens with zero attached hydrogens (tertiary/aromatic N) is 1. The molecule has 2 aromatic rings. The zero-order valence-electron chi connectivity index (χ0n) is 11.7. The molecule has 0 aliphatic carbocycles. The molecule has 1 N–H and O–H groups in total. The number of H-pyrrole nitrogens is 1. The van der Waals surface area contributed by atoms with E-state index in [1.165, 1.54) is 4.88 Å². The van der Waals surface area contributed by atoms with Crippen LogP contribution in [0.3, 0.4) is 0 Å². The lowest BCUT2D eigenvalue weighted by Gasteiger charge is -2.12. The number of aromatic nitrogens is 2. The number of thiophene rings is 1. The second-order valence-corrected chi connectivity index (χ2v) is 6.79. The standard InChI is InChI=1S/C14H18N2O2S2/c1-3-10-8(2)20-12-11(10)13(17)16(14(19)15-12)7-9-5-4-6-18-9/h9H,3-7H2,1-2H3,(H,15,19). The highest BCUT2D eigenvalue weighted by Crippen LogP contribution is 2.27. The van der Waals surface area contributed by atoms with Gasteiger partial charge in [-0.05, 0) is 44.0 Å². The summed E-state index contributed by atoms with van der Waals surface area (Å²) in [6.07, 6.45) is 3.05. The molecule has 0 saturated carbocycles. The van der Waals surface area contributed by atoms with Crippen molar-refractivity contribution in [2.24, 2.45) is 0 Å². The Hall–Kier alpha value is -0.980. The molecule has 108 valence electrons. The Kier molecular flexibility index (Phi) is 3.79. The van der Waals surface area contributed by atoms with Gasteiger partial charge in [0.2, 0.25) is 0 Å².